The number of nitro benzene ring substituents is 1. The molecule has 1 fully saturated rings. The lowest BCUT2D eigenvalue weighted by atomic mass is 9.97. The average molecular weight is 553 g/mol. The van der Waals surface area contributed by atoms with E-state index in [0.29, 0.717) is 35.9 Å². The van der Waals surface area contributed by atoms with Crippen LogP contribution in [0.2, 0.25) is 5.02 Å². The van der Waals surface area contributed by atoms with Crippen LogP contribution in [0.4, 0.5) is 5.69 Å². The number of carbonyl (C=O) groups excluding carboxylic acids is 1. The summed E-state index contributed by atoms with van der Waals surface area (Å²) in [4.78, 5) is 40.1. The smallest absolute Gasteiger partial charge is 0.335 e. The number of unbranched alkanes of at least 4 members (excludes halogenated alkanes) is 1. The largest absolute Gasteiger partial charge is 0.480 e. The van der Waals surface area contributed by atoms with Crippen molar-refractivity contribution in [2.75, 3.05) is 6.54 Å². The third kappa shape index (κ3) is 17.1. The maximum atomic E-state index is 10.3. The number of hydrogen-bond acceptors (Lipinski definition) is 8. The van der Waals surface area contributed by atoms with Crippen LogP contribution in [0.25, 0.3) is 0 Å². The van der Waals surface area contributed by atoms with Crippen molar-refractivity contribution in [3.05, 3.63) is 74.8 Å². The molecule has 3 rings (SSSR count). The summed E-state index contributed by atoms with van der Waals surface area (Å²) < 4.78 is 0. The Kier molecular flexibility index (Phi) is 18.8. The minimum Gasteiger partial charge on any atom is -0.480 e. The predicted octanol–water partition coefficient (Wildman–Crippen LogP) is 4.25. The van der Waals surface area contributed by atoms with Gasteiger partial charge in [-0.1, -0.05) is 37.3 Å². The zero-order chi connectivity index (χ0) is 28.9. The Balaban J connectivity index is 0.000000485. The van der Waals surface area contributed by atoms with E-state index in [1.165, 1.54) is 68.5 Å². The molecule has 38 heavy (non-hydrogen) atoms. The van der Waals surface area contributed by atoms with Crippen LogP contribution in [0.1, 0.15) is 72.1 Å². The Morgan fingerprint density at radius 1 is 1.03 bits per heavy atom. The number of carboxylic acid groups (broad SMARTS) is 2. The molecule has 0 aromatic heterocycles. The minimum atomic E-state index is -0.934. The molecule has 12 heteroatoms. The van der Waals surface area contributed by atoms with E-state index in [9.17, 15) is 24.5 Å². The van der Waals surface area contributed by atoms with Gasteiger partial charge in [-0.2, -0.15) is 0 Å². The summed E-state index contributed by atoms with van der Waals surface area (Å²) in [5.41, 5.74) is 16.7. The second kappa shape index (κ2) is 20.7. The fourth-order valence-corrected chi connectivity index (χ4v) is 3.16. The third-order valence-corrected chi connectivity index (χ3v) is 5.52. The summed E-state index contributed by atoms with van der Waals surface area (Å²) in [6, 6.07) is 11.2. The lowest BCUT2D eigenvalue weighted by Crippen LogP contribution is -2.29. The molecule has 0 bridgehead atoms. The van der Waals surface area contributed by atoms with Crippen LogP contribution in [-0.4, -0.2) is 52.0 Å². The van der Waals surface area contributed by atoms with Crippen LogP contribution < -0.4 is 17.2 Å². The quantitative estimate of drug-likeness (QED) is 0.136. The molecule has 0 saturated heterocycles. The van der Waals surface area contributed by atoms with E-state index in [2.05, 4.69) is 0 Å². The maximum Gasteiger partial charge on any atom is 0.335 e. The van der Waals surface area contributed by atoms with Gasteiger partial charge in [0.1, 0.15) is 12.3 Å². The van der Waals surface area contributed by atoms with Crippen molar-refractivity contribution in [2.45, 2.75) is 63.5 Å². The topological polar surface area (TPSA) is 213 Å². The second-order valence-electron chi connectivity index (χ2n) is 8.41. The van der Waals surface area contributed by atoms with Crippen LogP contribution in [0, 0.1) is 10.1 Å². The molecule has 11 nitrogen and oxygen atoms in total. The van der Waals surface area contributed by atoms with Crippen molar-refractivity contribution in [3.8, 4) is 0 Å². The minimum absolute atomic E-state index is 0.00407. The number of nitrogens with zero attached hydrogens (tertiary/aromatic N) is 1. The SMILES string of the molecule is NC1CCCCC1.NCCCC[C@H](N)C(=O)O.O=C(O)c1ccc(Cl)cc1.O=Cc1ccc([N+](=O)[O-])cc1. The number of aliphatic carboxylic acids is 1. The van der Waals surface area contributed by atoms with Gasteiger partial charge in [-0.25, -0.2) is 4.79 Å². The highest BCUT2D eigenvalue weighted by molar-refractivity contribution is 6.30. The highest BCUT2D eigenvalue weighted by Gasteiger charge is 2.09. The lowest BCUT2D eigenvalue weighted by Gasteiger charge is -2.15. The number of nitro groups is 1. The molecule has 1 aliphatic carbocycles. The molecule has 1 atom stereocenters. The zero-order valence-corrected chi connectivity index (χ0v) is 22.0. The molecule has 8 N–H and O–H groups in total. The van der Waals surface area contributed by atoms with Crippen LogP contribution >= 0.6 is 11.6 Å². The highest BCUT2D eigenvalue weighted by atomic mass is 35.5. The van der Waals surface area contributed by atoms with Gasteiger partial charge < -0.3 is 27.4 Å². The molecular weight excluding hydrogens is 516 g/mol. The van der Waals surface area contributed by atoms with Crippen molar-refractivity contribution in [1.82, 2.24) is 0 Å². The summed E-state index contributed by atoms with van der Waals surface area (Å²) in [5, 5.41) is 27.4. The number of aromatic carboxylic acids is 1. The fraction of sp³-hybridized carbons (Fsp3) is 0.423. The molecule has 2 aromatic carbocycles. The number of benzene rings is 2. The van der Waals surface area contributed by atoms with Gasteiger partial charge in [0.25, 0.3) is 5.69 Å². The van der Waals surface area contributed by atoms with Crippen molar-refractivity contribution >= 4 is 35.5 Å². The molecule has 1 saturated carbocycles. The molecule has 0 aliphatic heterocycles. The first-order chi connectivity index (χ1) is 18.0. The summed E-state index contributed by atoms with van der Waals surface area (Å²) in [6.45, 7) is 0.604. The van der Waals surface area contributed by atoms with Crippen molar-refractivity contribution in [3.63, 3.8) is 0 Å². The van der Waals surface area contributed by atoms with Gasteiger partial charge in [-0.3, -0.25) is 19.7 Å². The monoisotopic (exact) mass is 552 g/mol. The number of halogens is 1. The zero-order valence-electron chi connectivity index (χ0n) is 21.2. The third-order valence-electron chi connectivity index (χ3n) is 5.27. The van der Waals surface area contributed by atoms with E-state index in [1.807, 2.05) is 0 Å². The molecule has 0 spiro atoms. The maximum absolute atomic E-state index is 10.3. The number of nitrogens with two attached hydrogens (primary N) is 3. The van der Waals surface area contributed by atoms with Crippen LogP contribution in [0.5, 0.6) is 0 Å². The highest BCUT2D eigenvalue weighted by Crippen LogP contribution is 2.15. The van der Waals surface area contributed by atoms with E-state index >= 15 is 0 Å². The van der Waals surface area contributed by atoms with Gasteiger partial charge in [0.05, 0.1) is 10.5 Å². The number of rotatable bonds is 8. The molecule has 0 unspecified atom stereocenters. The van der Waals surface area contributed by atoms with Crippen molar-refractivity contribution in [1.29, 1.82) is 0 Å². The van der Waals surface area contributed by atoms with Gasteiger partial charge in [-0.15, -0.1) is 0 Å². The Bertz CT molecular complexity index is 967. The molecule has 2 aromatic rings. The number of carbonyl (C=O) groups is 3. The van der Waals surface area contributed by atoms with Gasteiger partial charge in [0.15, 0.2) is 0 Å². The molecular formula is C26H37ClN4O7. The van der Waals surface area contributed by atoms with E-state index in [4.69, 9.17) is 39.0 Å². The second-order valence-corrected chi connectivity index (χ2v) is 8.84. The van der Waals surface area contributed by atoms with Crippen molar-refractivity contribution < 1.29 is 29.5 Å². The first-order valence-corrected chi connectivity index (χ1v) is 12.5. The van der Waals surface area contributed by atoms with Gasteiger partial charge in [0, 0.05) is 28.8 Å². The van der Waals surface area contributed by atoms with Gasteiger partial charge in [0.2, 0.25) is 0 Å². The van der Waals surface area contributed by atoms with E-state index < -0.39 is 22.9 Å². The molecule has 0 amide bonds. The Hall–Kier alpha value is -3.38. The molecule has 0 heterocycles. The first-order valence-electron chi connectivity index (χ1n) is 12.1. The molecule has 210 valence electrons. The summed E-state index contributed by atoms with van der Waals surface area (Å²) >= 11 is 5.52. The predicted molar refractivity (Wildman–Crippen MR) is 146 cm³/mol. The summed E-state index contributed by atoms with van der Waals surface area (Å²) in [5.74, 6) is -1.87. The van der Waals surface area contributed by atoms with E-state index in [1.54, 1.807) is 12.1 Å². The van der Waals surface area contributed by atoms with Crippen molar-refractivity contribution in [2.24, 2.45) is 17.2 Å². The summed E-state index contributed by atoms with van der Waals surface area (Å²) in [6.07, 6.45) is 9.47. The summed E-state index contributed by atoms with van der Waals surface area (Å²) in [7, 11) is 0. The number of carboxylic acids is 2. The molecule has 0 radical (unpaired) electrons. The number of aldehydes is 1. The number of non-ortho nitro benzene ring substituents is 1. The normalized spacial score (nSPS) is 13.2. The Labute approximate surface area is 227 Å². The van der Waals surface area contributed by atoms with Crippen LogP contribution in [0.3, 0.4) is 0 Å². The van der Waals surface area contributed by atoms with E-state index in [-0.39, 0.29) is 11.3 Å². The van der Waals surface area contributed by atoms with Gasteiger partial charge >= 0.3 is 11.9 Å². The van der Waals surface area contributed by atoms with Crippen LogP contribution in [0.15, 0.2) is 48.5 Å². The number of hydrogen-bond donors (Lipinski definition) is 5. The first kappa shape index (κ1) is 34.6. The standard InChI is InChI=1S/C7H5ClO2.C7H5NO3.C6H14N2O2.C6H13N/c8-6-3-1-5(2-4-6)7(9)10;9-5-6-1-3-7(4-2-6)8(10)11;7-4-2-1-3-5(8)6(9)10;7-6-4-2-1-3-5-6/h1-4H,(H,9,10);1-5H;5H,1-4,7-8H2,(H,9,10);6H,1-5,7H2/t;;5-;/m..0./s1. The molecule has 1 aliphatic rings. The Morgan fingerprint density at radius 3 is 1.95 bits per heavy atom. The van der Waals surface area contributed by atoms with Gasteiger partial charge in [-0.05, 0) is 68.6 Å². The lowest BCUT2D eigenvalue weighted by molar-refractivity contribution is -0.384. The Morgan fingerprint density at radius 2 is 1.58 bits per heavy atom. The fourth-order valence-electron chi connectivity index (χ4n) is 3.03. The van der Waals surface area contributed by atoms with Crippen LogP contribution in [-0.2, 0) is 4.79 Å². The average Bonchev–Trinajstić information content (AvgIpc) is 2.90. The van der Waals surface area contributed by atoms with E-state index in [0.717, 1.165) is 12.8 Å².